The van der Waals surface area contributed by atoms with Gasteiger partial charge in [-0.25, -0.2) is 0 Å². The van der Waals surface area contributed by atoms with Gasteiger partial charge in [0.1, 0.15) is 5.75 Å². The standard InChI is InChI=1S/C11H14N2O2/c14-10-7-12-6-5-9(10)11(15)13-8-3-1-2-4-8/h5-8,14H,1-4H2,(H,13,15). The number of pyridine rings is 1. The van der Waals surface area contributed by atoms with Crippen LogP contribution in [0.3, 0.4) is 0 Å². The van der Waals surface area contributed by atoms with Crippen molar-refractivity contribution in [3.63, 3.8) is 0 Å². The smallest absolute Gasteiger partial charge is 0.255 e. The lowest BCUT2D eigenvalue weighted by Crippen LogP contribution is -2.32. The number of amides is 1. The average molecular weight is 206 g/mol. The van der Waals surface area contributed by atoms with E-state index in [9.17, 15) is 9.90 Å². The van der Waals surface area contributed by atoms with Crippen molar-refractivity contribution >= 4 is 5.91 Å². The predicted molar refractivity (Wildman–Crippen MR) is 55.6 cm³/mol. The van der Waals surface area contributed by atoms with Crippen molar-refractivity contribution in [3.8, 4) is 5.75 Å². The summed E-state index contributed by atoms with van der Waals surface area (Å²) in [6, 6.07) is 1.80. The Hall–Kier alpha value is -1.58. The van der Waals surface area contributed by atoms with Crippen LogP contribution in [-0.2, 0) is 0 Å². The number of rotatable bonds is 2. The Bertz CT molecular complexity index is 359. The van der Waals surface area contributed by atoms with E-state index in [1.807, 2.05) is 0 Å². The highest BCUT2D eigenvalue weighted by Gasteiger charge is 2.19. The van der Waals surface area contributed by atoms with Crippen LogP contribution in [-0.4, -0.2) is 22.0 Å². The van der Waals surface area contributed by atoms with Crippen molar-refractivity contribution in [1.29, 1.82) is 0 Å². The Labute approximate surface area is 88.3 Å². The van der Waals surface area contributed by atoms with Gasteiger partial charge in [-0.2, -0.15) is 0 Å². The lowest BCUT2D eigenvalue weighted by atomic mass is 10.2. The maximum atomic E-state index is 11.7. The maximum Gasteiger partial charge on any atom is 0.255 e. The molecule has 0 aliphatic heterocycles. The lowest BCUT2D eigenvalue weighted by Gasteiger charge is -2.12. The lowest BCUT2D eigenvalue weighted by molar-refractivity contribution is 0.0935. The van der Waals surface area contributed by atoms with Gasteiger partial charge in [0.15, 0.2) is 0 Å². The molecule has 4 nitrogen and oxygen atoms in total. The Morgan fingerprint density at radius 2 is 2.20 bits per heavy atom. The third kappa shape index (κ3) is 2.26. The molecule has 2 rings (SSSR count). The summed E-state index contributed by atoms with van der Waals surface area (Å²) in [5.41, 5.74) is 0.303. The summed E-state index contributed by atoms with van der Waals surface area (Å²) in [6.45, 7) is 0. The first-order chi connectivity index (χ1) is 7.27. The number of hydrogen-bond acceptors (Lipinski definition) is 3. The fourth-order valence-corrected chi connectivity index (χ4v) is 1.91. The van der Waals surface area contributed by atoms with Crippen molar-refractivity contribution in [2.45, 2.75) is 31.7 Å². The van der Waals surface area contributed by atoms with E-state index >= 15 is 0 Å². The van der Waals surface area contributed by atoms with Gasteiger partial charge in [-0.05, 0) is 18.9 Å². The van der Waals surface area contributed by atoms with E-state index in [0.29, 0.717) is 5.56 Å². The van der Waals surface area contributed by atoms with Gasteiger partial charge in [-0.1, -0.05) is 12.8 Å². The minimum atomic E-state index is -0.207. The Morgan fingerprint density at radius 3 is 2.87 bits per heavy atom. The zero-order chi connectivity index (χ0) is 10.7. The number of carbonyl (C=O) groups excluding carboxylic acids is 1. The van der Waals surface area contributed by atoms with Crippen molar-refractivity contribution in [2.75, 3.05) is 0 Å². The zero-order valence-corrected chi connectivity index (χ0v) is 8.44. The molecule has 15 heavy (non-hydrogen) atoms. The molecule has 4 heteroatoms. The second-order valence-corrected chi connectivity index (χ2v) is 3.85. The van der Waals surface area contributed by atoms with E-state index in [1.165, 1.54) is 31.3 Å². The Balaban J connectivity index is 2.04. The van der Waals surface area contributed by atoms with Crippen LogP contribution >= 0.6 is 0 Å². The zero-order valence-electron chi connectivity index (χ0n) is 8.44. The molecule has 1 fully saturated rings. The summed E-state index contributed by atoms with van der Waals surface area (Å²) >= 11 is 0. The van der Waals surface area contributed by atoms with Gasteiger partial charge in [0.25, 0.3) is 5.91 Å². The predicted octanol–water partition coefficient (Wildman–Crippen LogP) is 1.46. The fraction of sp³-hybridized carbons (Fsp3) is 0.455. The summed E-state index contributed by atoms with van der Waals surface area (Å²) < 4.78 is 0. The van der Waals surface area contributed by atoms with E-state index < -0.39 is 0 Å². The minimum Gasteiger partial charge on any atom is -0.505 e. The normalized spacial score (nSPS) is 16.5. The quantitative estimate of drug-likeness (QED) is 0.770. The molecular formula is C11H14N2O2. The SMILES string of the molecule is O=C(NC1CCCC1)c1ccncc1O. The number of nitrogens with one attached hydrogen (secondary N) is 1. The number of aromatic nitrogens is 1. The summed E-state index contributed by atoms with van der Waals surface area (Å²) in [6.07, 6.45) is 7.21. The molecule has 0 spiro atoms. The maximum absolute atomic E-state index is 11.7. The highest BCUT2D eigenvalue weighted by Crippen LogP contribution is 2.19. The molecule has 1 amide bonds. The molecule has 0 saturated heterocycles. The van der Waals surface area contributed by atoms with Gasteiger partial charge < -0.3 is 10.4 Å². The molecule has 0 atom stereocenters. The highest BCUT2D eigenvalue weighted by atomic mass is 16.3. The molecule has 1 aromatic heterocycles. The fourth-order valence-electron chi connectivity index (χ4n) is 1.91. The molecule has 0 radical (unpaired) electrons. The van der Waals surface area contributed by atoms with Gasteiger partial charge in [-0.3, -0.25) is 9.78 Å². The van der Waals surface area contributed by atoms with E-state index in [1.54, 1.807) is 0 Å². The second-order valence-electron chi connectivity index (χ2n) is 3.85. The van der Waals surface area contributed by atoms with Crippen LogP contribution in [0, 0.1) is 0 Å². The topological polar surface area (TPSA) is 62.2 Å². The van der Waals surface area contributed by atoms with Gasteiger partial charge in [0.05, 0.1) is 11.8 Å². The van der Waals surface area contributed by atoms with Crippen molar-refractivity contribution in [3.05, 3.63) is 24.0 Å². The van der Waals surface area contributed by atoms with Crippen LogP contribution in [0.4, 0.5) is 0 Å². The monoisotopic (exact) mass is 206 g/mol. The van der Waals surface area contributed by atoms with E-state index in [0.717, 1.165) is 12.8 Å². The van der Waals surface area contributed by atoms with E-state index in [2.05, 4.69) is 10.3 Å². The Kier molecular flexibility index (Phi) is 2.85. The van der Waals surface area contributed by atoms with Gasteiger partial charge in [0.2, 0.25) is 0 Å². The third-order valence-corrected chi connectivity index (χ3v) is 2.74. The summed E-state index contributed by atoms with van der Waals surface area (Å²) in [7, 11) is 0. The first-order valence-electron chi connectivity index (χ1n) is 5.21. The van der Waals surface area contributed by atoms with Crippen LogP contribution in [0.25, 0.3) is 0 Å². The highest BCUT2D eigenvalue weighted by molar-refractivity contribution is 5.96. The number of nitrogens with zero attached hydrogens (tertiary/aromatic N) is 1. The number of aromatic hydroxyl groups is 1. The third-order valence-electron chi connectivity index (χ3n) is 2.74. The Morgan fingerprint density at radius 1 is 1.47 bits per heavy atom. The van der Waals surface area contributed by atoms with Crippen LogP contribution in [0.5, 0.6) is 5.75 Å². The van der Waals surface area contributed by atoms with Gasteiger partial charge >= 0.3 is 0 Å². The van der Waals surface area contributed by atoms with Crippen molar-refractivity contribution in [2.24, 2.45) is 0 Å². The second kappa shape index (κ2) is 4.29. The van der Waals surface area contributed by atoms with Gasteiger partial charge in [-0.15, -0.1) is 0 Å². The molecule has 1 aliphatic rings. The minimum absolute atomic E-state index is 0.0620. The van der Waals surface area contributed by atoms with E-state index in [-0.39, 0.29) is 17.7 Å². The summed E-state index contributed by atoms with van der Waals surface area (Å²) in [4.78, 5) is 15.5. The van der Waals surface area contributed by atoms with Crippen molar-refractivity contribution < 1.29 is 9.90 Å². The molecule has 1 aliphatic carbocycles. The van der Waals surface area contributed by atoms with Crippen LogP contribution in [0.1, 0.15) is 36.0 Å². The molecule has 0 bridgehead atoms. The molecule has 1 saturated carbocycles. The number of hydrogen-bond donors (Lipinski definition) is 2. The molecule has 1 heterocycles. The van der Waals surface area contributed by atoms with E-state index in [4.69, 9.17) is 0 Å². The molecule has 80 valence electrons. The summed E-state index contributed by atoms with van der Waals surface area (Å²) in [5, 5.41) is 12.3. The number of carbonyl (C=O) groups is 1. The first-order valence-corrected chi connectivity index (χ1v) is 5.21. The first kappa shape index (κ1) is 9.96. The van der Waals surface area contributed by atoms with Crippen LogP contribution < -0.4 is 5.32 Å². The molecule has 0 aromatic carbocycles. The van der Waals surface area contributed by atoms with Crippen LogP contribution in [0.15, 0.2) is 18.5 Å². The average Bonchev–Trinajstić information content (AvgIpc) is 2.71. The van der Waals surface area contributed by atoms with Gasteiger partial charge in [0, 0.05) is 12.2 Å². The van der Waals surface area contributed by atoms with Crippen molar-refractivity contribution in [1.82, 2.24) is 10.3 Å². The molecule has 1 aromatic rings. The van der Waals surface area contributed by atoms with Crippen LogP contribution in [0.2, 0.25) is 0 Å². The largest absolute Gasteiger partial charge is 0.505 e. The summed E-state index contributed by atoms with van der Waals surface area (Å²) in [5.74, 6) is -0.269. The molecule has 0 unspecified atom stereocenters. The molecule has 2 N–H and O–H groups in total. The molecular weight excluding hydrogens is 192 g/mol.